The van der Waals surface area contributed by atoms with Crippen LogP contribution in [0.1, 0.15) is 5.69 Å². The molecular weight excluding hydrogens is 359 g/mol. The molecule has 0 saturated carbocycles. The van der Waals surface area contributed by atoms with Crippen molar-refractivity contribution in [1.82, 2.24) is 15.0 Å². The average molecular weight is 368 g/mol. The van der Waals surface area contributed by atoms with Crippen molar-refractivity contribution in [2.24, 2.45) is 0 Å². The second-order valence-corrected chi connectivity index (χ2v) is 5.89. The molecule has 3 heterocycles. The number of halogens is 1. The van der Waals surface area contributed by atoms with E-state index in [9.17, 15) is 0 Å². The van der Waals surface area contributed by atoms with Gasteiger partial charge in [0, 0.05) is 11.8 Å². The predicted octanol–water partition coefficient (Wildman–Crippen LogP) is 3.25. The highest BCUT2D eigenvalue weighted by Gasteiger charge is 2.09. The second kappa shape index (κ2) is 4.43. The molecule has 0 bridgehead atoms. The van der Waals surface area contributed by atoms with Crippen molar-refractivity contribution in [3.05, 3.63) is 33.0 Å². The Kier molecular flexibility index (Phi) is 2.90. The molecule has 3 aromatic rings. The van der Waals surface area contributed by atoms with Crippen LogP contribution >= 0.6 is 33.9 Å². The first-order chi connectivity index (χ1) is 8.65. The number of nitrogens with zero attached hydrogens (tertiary/aromatic N) is 3. The highest BCUT2D eigenvalue weighted by molar-refractivity contribution is 14.1. The van der Waals surface area contributed by atoms with Crippen LogP contribution in [0, 0.1) is 10.5 Å². The van der Waals surface area contributed by atoms with Gasteiger partial charge in [-0.15, -0.1) is 11.3 Å². The number of nitrogen functional groups attached to an aromatic ring is 1. The summed E-state index contributed by atoms with van der Waals surface area (Å²) < 4.78 is 2.03. The summed E-state index contributed by atoms with van der Waals surface area (Å²) in [6.45, 7) is 1.93. The molecule has 0 aliphatic rings. The molecule has 2 N–H and O–H groups in total. The molecule has 0 saturated heterocycles. The highest BCUT2D eigenvalue weighted by atomic mass is 127. The van der Waals surface area contributed by atoms with Gasteiger partial charge < -0.3 is 5.73 Å². The molecule has 18 heavy (non-hydrogen) atoms. The summed E-state index contributed by atoms with van der Waals surface area (Å²) in [5.74, 6) is 1.15. The van der Waals surface area contributed by atoms with Crippen molar-refractivity contribution >= 4 is 50.0 Å². The zero-order valence-electron chi connectivity index (χ0n) is 9.51. The fraction of sp³-hybridized carbons (Fsp3) is 0.0833. The Morgan fingerprint density at radius 3 is 2.94 bits per heavy atom. The number of nitrogens with two attached hydrogens (primary N) is 1. The van der Waals surface area contributed by atoms with Gasteiger partial charge in [0.25, 0.3) is 0 Å². The zero-order chi connectivity index (χ0) is 12.7. The van der Waals surface area contributed by atoms with E-state index in [0.29, 0.717) is 11.6 Å². The maximum atomic E-state index is 5.88. The lowest BCUT2D eigenvalue weighted by Crippen LogP contribution is -2.02. The number of hydrogen-bond acceptors (Lipinski definition) is 5. The Morgan fingerprint density at radius 1 is 1.33 bits per heavy atom. The van der Waals surface area contributed by atoms with E-state index < -0.39 is 0 Å². The second-order valence-electron chi connectivity index (χ2n) is 3.86. The SMILES string of the molecule is Cc1nc(-c2cnc3ccsc3c2)nc(N)c1I. The molecule has 6 heteroatoms. The van der Waals surface area contributed by atoms with Crippen molar-refractivity contribution in [3.63, 3.8) is 0 Å². The molecule has 0 unspecified atom stereocenters. The van der Waals surface area contributed by atoms with Crippen molar-refractivity contribution in [3.8, 4) is 11.4 Å². The molecule has 0 aliphatic heterocycles. The van der Waals surface area contributed by atoms with Crippen LogP contribution in [-0.2, 0) is 0 Å². The third-order valence-electron chi connectivity index (χ3n) is 2.60. The van der Waals surface area contributed by atoms with Crippen LogP contribution in [0.15, 0.2) is 23.7 Å². The number of thiophene rings is 1. The summed E-state index contributed by atoms with van der Waals surface area (Å²) in [7, 11) is 0. The molecule has 0 spiro atoms. The zero-order valence-corrected chi connectivity index (χ0v) is 12.5. The number of fused-ring (bicyclic) bond motifs is 1. The maximum absolute atomic E-state index is 5.88. The van der Waals surface area contributed by atoms with Crippen LogP contribution in [0.5, 0.6) is 0 Å². The standard InChI is InChI=1S/C12H9IN4S/c1-6-10(13)11(14)17-12(16-6)7-4-9-8(15-5-7)2-3-18-9/h2-5H,1H3,(H2,14,16,17). The predicted molar refractivity (Wildman–Crippen MR) is 82.5 cm³/mol. The van der Waals surface area contributed by atoms with Gasteiger partial charge in [-0.05, 0) is 47.0 Å². The van der Waals surface area contributed by atoms with Crippen LogP contribution in [0.2, 0.25) is 0 Å². The van der Waals surface area contributed by atoms with Gasteiger partial charge in [-0.25, -0.2) is 9.97 Å². The molecule has 4 nitrogen and oxygen atoms in total. The van der Waals surface area contributed by atoms with Crippen LogP contribution < -0.4 is 5.73 Å². The summed E-state index contributed by atoms with van der Waals surface area (Å²) in [6.07, 6.45) is 1.79. The maximum Gasteiger partial charge on any atom is 0.163 e. The van der Waals surface area contributed by atoms with E-state index in [1.165, 1.54) is 0 Å². The van der Waals surface area contributed by atoms with E-state index in [0.717, 1.165) is 25.0 Å². The van der Waals surface area contributed by atoms with E-state index >= 15 is 0 Å². The molecule has 0 atom stereocenters. The van der Waals surface area contributed by atoms with Gasteiger partial charge in [-0.3, -0.25) is 4.98 Å². The third-order valence-corrected chi connectivity index (χ3v) is 4.79. The van der Waals surface area contributed by atoms with E-state index in [1.54, 1.807) is 17.5 Å². The normalized spacial score (nSPS) is 11.0. The first-order valence-corrected chi connectivity index (χ1v) is 7.24. The molecular formula is C12H9IN4S. The van der Waals surface area contributed by atoms with Crippen LogP contribution in [0.4, 0.5) is 5.82 Å². The van der Waals surface area contributed by atoms with Crippen LogP contribution in [-0.4, -0.2) is 15.0 Å². The van der Waals surface area contributed by atoms with Gasteiger partial charge in [0.15, 0.2) is 5.82 Å². The minimum absolute atomic E-state index is 0.518. The fourth-order valence-electron chi connectivity index (χ4n) is 1.68. The van der Waals surface area contributed by atoms with Gasteiger partial charge >= 0.3 is 0 Å². The minimum Gasteiger partial charge on any atom is -0.383 e. The summed E-state index contributed by atoms with van der Waals surface area (Å²) in [5, 5.41) is 2.02. The summed E-state index contributed by atoms with van der Waals surface area (Å²) >= 11 is 3.81. The van der Waals surface area contributed by atoms with Gasteiger partial charge in [0.1, 0.15) is 5.82 Å². The first-order valence-electron chi connectivity index (χ1n) is 5.28. The molecule has 0 aromatic carbocycles. The minimum atomic E-state index is 0.518. The summed E-state index contributed by atoms with van der Waals surface area (Å²) in [5.41, 5.74) is 8.67. The fourth-order valence-corrected chi connectivity index (χ4v) is 2.70. The topological polar surface area (TPSA) is 64.7 Å². The Labute approximate surface area is 121 Å². The number of hydrogen-bond donors (Lipinski definition) is 1. The van der Waals surface area contributed by atoms with Gasteiger partial charge in [0.2, 0.25) is 0 Å². The Bertz CT molecular complexity index is 715. The van der Waals surface area contributed by atoms with Gasteiger partial charge in [0.05, 0.1) is 19.5 Å². The summed E-state index contributed by atoms with van der Waals surface area (Å²) in [6, 6.07) is 4.05. The van der Waals surface area contributed by atoms with Crippen LogP contribution in [0.3, 0.4) is 0 Å². The number of pyridine rings is 1. The molecule has 0 fully saturated rings. The quantitative estimate of drug-likeness (QED) is 0.670. The molecule has 3 aromatic heterocycles. The largest absolute Gasteiger partial charge is 0.383 e. The van der Waals surface area contributed by atoms with E-state index in [2.05, 4.69) is 37.5 Å². The lowest BCUT2D eigenvalue weighted by atomic mass is 10.2. The third kappa shape index (κ3) is 1.95. The van der Waals surface area contributed by atoms with E-state index in [1.807, 2.05) is 24.4 Å². The number of rotatable bonds is 1. The molecule has 0 amide bonds. The average Bonchev–Trinajstić information content (AvgIpc) is 2.82. The van der Waals surface area contributed by atoms with Gasteiger partial charge in [-0.2, -0.15) is 0 Å². The molecule has 3 rings (SSSR count). The van der Waals surface area contributed by atoms with Crippen molar-refractivity contribution in [2.45, 2.75) is 6.92 Å². The highest BCUT2D eigenvalue weighted by Crippen LogP contribution is 2.26. The molecule has 0 aliphatic carbocycles. The number of aryl methyl sites for hydroxylation is 1. The Hall–Kier alpha value is -1.28. The van der Waals surface area contributed by atoms with Crippen molar-refractivity contribution < 1.29 is 0 Å². The Balaban J connectivity index is 2.19. The van der Waals surface area contributed by atoms with Crippen molar-refractivity contribution in [2.75, 3.05) is 5.73 Å². The number of aromatic nitrogens is 3. The monoisotopic (exact) mass is 368 g/mol. The lowest BCUT2D eigenvalue weighted by Gasteiger charge is -2.05. The van der Waals surface area contributed by atoms with Crippen molar-refractivity contribution in [1.29, 1.82) is 0 Å². The first kappa shape index (κ1) is 11.8. The van der Waals surface area contributed by atoms with Gasteiger partial charge in [-0.1, -0.05) is 0 Å². The smallest absolute Gasteiger partial charge is 0.163 e. The van der Waals surface area contributed by atoms with E-state index in [4.69, 9.17) is 5.73 Å². The Morgan fingerprint density at radius 2 is 2.17 bits per heavy atom. The number of anilines is 1. The lowest BCUT2D eigenvalue weighted by molar-refractivity contribution is 1.10. The van der Waals surface area contributed by atoms with Crippen LogP contribution in [0.25, 0.3) is 21.6 Å². The summed E-state index contributed by atoms with van der Waals surface area (Å²) in [4.78, 5) is 13.2. The molecule has 90 valence electrons. The van der Waals surface area contributed by atoms with E-state index in [-0.39, 0.29) is 0 Å². The molecule has 0 radical (unpaired) electrons.